The lowest BCUT2D eigenvalue weighted by Crippen LogP contribution is -2.35. The summed E-state index contributed by atoms with van der Waals surface area (Å²) in [6, 6.07) is 0.279. The van der Waals surface area contributed by atoms with Gasteiger partial charge in [0.05, 0.1) is 12.2 Å². The van der Waals surface area contributed by atoms with Crippen LogP contribution in [0, 0.1) is 0 Å². The van der Waals surface area contributed by atoms with Gasteiger partial charge in [0.1, 0.15) is 0 Å². The monoisotopic (exact) mass is 242 g/mol. The van der Waals surface area contributed by atoms with E-state index >= 15 is 0 Å². The third kappa shape index (κ3) is 6.03. The van der Waals surface area contributed by atoms with Crippen molar-refractivity contribution in [3.05, 3.63) is 0 Å². The predicted molar refractivity (Wildman–Crippen MR) is 69.0 cm³/mol. The average Bonchev–Trinajstić information content (AvgIpc) is 2.70. The van der Waals surface area contributed by atoms with E-state index in [1.165, 1.54) is 0 Å². The molecule has 1 rings (SSSR count). The predicted octanol–water partition coefficient (Wildman–Crippen LogP) is 1.45. The van der Waals surface area contributed by atoms with Crippen molar-refractivity contribution in [2.45, 2.75) is 64.7 Å². The van der Waals surface area contributed by atoms with Crippen molar-refractivity contribution < 1.29 is 9.53 Å². The Labute approximate surface area is 104 Å². The van der Waals surface area contributed by atoms with Crippen LogP contribution in [0.3, 0.4) is 0 Å². The number of rotatable bonds is 7. The second-order valence-electron chi connectivity index (χ2n) is 4.98. The third-order valence-electron chi connectivity index (χ3n) is 3.24. The second kappa shape index (κ2) is 7.67. The molecule has 1 aliphatic heterocycles. The summed E-state index contributed by atoms with van der Waals surface area (Å²) < 4.78 is 5.69. The number of carbonyl (C=O) groups is 1. The summed E-state index contributed by atoms with van der Waals surface area (Å²) in [5.74, 6) is 0.132. The van der Waals surface area contributed by atoms with E-state index in [-0.39, 0.29) is 11.9 Å². The van der Waals surface area contributed by atoms with E-state index in [2.05, 4.69) is 24.5 Å². The molecule has 0 saturated carbocycles. The molecule has 1 heterocycles. The fourth-order valence-electron chi connectivity index (χ4n) is 1.95. The SMILES string of the molecule is CCC(C)NC(=O)CCNCC1CCC(C)O1. The van der Waals surface area contributed by atoms with Gasteiger partial charge in [-0.2, -0.15) is 0 Å². The number of carbonyl (C=O) groups excluding carboxylic acids is 1. The van der Waals surface area contributed by atoms with Gasteiger partial charge in [0.2, 0.25) is 5.91 Å². The maximum Gasteiger partial charge on any atom is 0.221 e. The van der Waals surface area contributed by atoms with E-state index in [4.69, 9.17) is 4.74 Å². The third-order valence-corrected chi connectivity index (χ3v) is 3.24. The maximum absolute atomic E-state index is 11.5. The van der Waals surface area contributed by atoms with Crippen LogP contribution in [0.4, 0.5) is 0 Å². The molecular formula is C13H26N2O2. The molecule has 3 atom stereocenters. The maximum atomic E-state index is 11.5. The first-order chi connectivity index (χ1) is 8.11. The first-order valence-electron chi connectivity index (χ1n) is 6.77. The van der Waals surface area contributed by atoms with Crippen molar-refractivity contribution in [2.24, 2.45) is 0 Å². The number of nitrogens with one attached hydrogen (secondary N) is 2. The van der Waals surface area contributed by atoms with Crippen LogP contribution in [0.2, 0.25) is 0 Å². The first-order valence-corrected chi connectivity index (χ1v) is 6.77. The fourth-order valence-corrected chi connectivity index (χ4v) is 1.95. The number of ether oxygens (including phenoxy) is 1. The van der Waals surface area contributed by atoms with Crippen LogP contribution >= 0.6 is 0 Å². The molecule has 0 aliphatic carbocycles. The summed E-state index contributed by atoms with van der Waals surface area (Å²) in [7, 11) is 0. The van der Waals surface area contributed by atoms with Crippen molar-refractivity contribution >= 4 is 5.91 Å². The van der Waals surface area contributed by atoms with Crippen LogP contribution in [-0.4, -0.2) is 37.2 Å². The van der Waals surface area contributed by atoms with Gasteiger partial charge >= 0.3 is 0 Å². The zero-order chi connectivity index (χ0) is 12.7. The van der Waals surface area contributed by atoms with Crippen LogP contribution in [0.1, 0.15) is 46.5 Å². The zero-order valence-corrected chi connectivity index (χ0v) is 11.3. The van der Waals surface area contributed by atoms with Crippen molar-refractivity contribution in [3.63, 3.8) is 0 Å². The van der Waals surface area contributed by atoms with Gasteiger partial charge < -0.3 is 15.4 Å². The normalized spacial score (nSPS) is 25.8. The van der Waals surface area contributed by atoms with E-state index in [0.717, 1.165) is 32.4 Å². The Kier molecular flexibility index (Phi) is 6.52. The minimum absolute atomic E-state index is 0.132. The van der Waals surface area contributed by atoms with E-state index in [1.807, 2.05) is 6.92 Å². The van der Waals surface area contributed by atoms with Gasteiger partial charge in [-0.15, -0.1) is 0 Å². The van der Waals surface area contributed by atoms with Gasteiger partial charge in [-0.05, 0) is 33.1 Å². The summed E-state index contributed by atoms with van der Waals surface area (Å²) in [6.07, 6.45) is 4.55. The highest BCUT2D eigenvalue weighted by atomic mass is 16.5. The first kappa shape index (κ1) is 14.5. The van der Waals surface area contributed by atoms with Gasteiger partial charge in [0.15, 0.2) is 0 Å². The molecule has 0 bridgehead atoms. The smallest absolute Gasteiger partial charge is 0.221 e. The second-order valence-corrected chi connectivity index (χ2v) is 4.98. The zero-order valence-electron chi connectivity index (χ0n) is 11.3. The molecule has 100 valence electrons. The molecule has 1 saturated heterocycles. The van der Waals surface area contributed by atoms with Gasteiger partial charge in [-0.1, -0.05) is 6.92 Å². The van der Waals surface area contributed by atoms with Crippen LogP contribution in [0.25, 0.3) is 0 Å². The largest absolute Gasteiger partial charge is 0.374 e. The molecule has 3 unspecified atom stereocenters. The molecule has 0 radical (unpaired) electrons. The Balaban J connectivity index is 1.98. The highest BCUT2D eigenvalue weighted by Crippen LogP contribution is 2.17. The lowest BCUT2D eigenvalue weighted by Gasteiger charge is -2.13. The standard InChI is InChI=1S/C13H26N2O2/c1-4-10(2)15-13(16)7-8-14-9-12-6-5-11(3)17-12/h10-12,14H,4-9H2,1-3H3,(H,15,16). The number of hydrogen-bond donors (Lipinski definition) is 2. The molecule has 0 aromatic heterocycles. The molecule has 4 nitrogen and oxygen atoms in total. The molecule has 0 aromatic rings. The van der Waals surface area contributed by atoms with Crippen LogP contribution in [0.15, 0.2) is 0 Å². The highest BCUT2D eigenvalue weighted by molar-refractivity contribution is 5.76. The highest BCUT2D eigenvalue weighted by Gasteiger charge is 2.20. The van der Waals surface area contributed by atoms with Crippen LogP contribution < -0.4 is 10.6 Å². The van der Waals surface area contributed by atoms with Crippen molar-refractivity contribution in [1.82, 2.24) is 10.6 Å². The number of hydrogen-bond acceptors (Lipinski definition) is 3. The van der Waals surface area contributed by atoms with Crippen molar-refractivity contribution in [2.75, 3.05) is 13.1 Å². The quantitative estimate of drug-likeness (QED) is 0.664. The Morgan fingerprint density at radius 2 is 2.24 bits per heavy atom. The lowest BCUT2D eigenvalue weighted by atomic mass is 10.2. The summed E-state index contributed by atoms with van der Waals surface area (Å²) in [5, 5.41) is 6.24. The average molecular weight is 242 g/mol. The van der Waals surface area contributed by atoms with E-state index in [0.29, 0.717) is 18.6 Å². The van der Waals surface area contributed by atoms with E-state index in [1.54, 1.807) is 0 Å². The summed E-state index contributed by atoms with van der Waals surface area (Å²) in [5.41, 5.74) is 0. The molecule has 4 heteroatoms. The van der Waals surface area contributed by atoms with Gasteiger partial charge in [0, 0.05) is 25.6 Å². The molecule has 17 heavy (non-hydrogen) atoms. The van der Waals surface area contributed by atoms with Crippen LogP contribution in [-0.2, 0) is 9.53 Å². The number of amides is 1. The summed E-state index contributed by atoms with van der Waals surface area (Å²) in [6.45, 7) is 7.80. The Bertz CT molecular complexity index is 233. The van der Waals surface area contributed by atoms with Gasteiger partial charge in [-0.3, -0.25) is 4.79 Å². The van der Waals surface area contributed by atoms with Crippen molar-refractivity contribution in [3.8, 4) is 0 Å². The van der Waals surface area contributed by atoms with Gasteiger partial charge in [-0.25, -0.2) is 0 Å². The Hall–Kier alpha value is -0.610. The molecule has 2 N–H and O–H groups in total. The lowest BCUT2D eigenvalue weighted by molar-refractivity contribution is -0.121. The summed E-state index contributed by atoms with van der Waals surface area (Å²) >= 11 is 0. The molecule has 1 fully saturated rings. The minimum Gasteiger partial charge on any atom is -0.374 e. The fraction of sp³-hybridized carbons (Fsp3) is 0.923. The molecular weight excluding hydrogens is 216 g/mol. The topological polar surface area (TPSA) is 50.4 Å². The minimum atomic E-state index is 0.132. The summed E-state index contributed by atoms with van der Waals surface area (Å²) in [4.78, 5) is 11.5. The molecule has 0 spiro atoms. The molecule has 1 aliphatic rings. The van der Waals surface area contributed by atoms with Crippen LogP contribution in [0.5, 0.6) is 0 Å². The Morgan fingerprint density at radius 1 is 1.47 bits per heavy atom. The Morgan fingerprint density at radius 3 is 2.82 bits per heavy atom. The van der Waals surface area contributed by atoms with E-state index in [9.17, 15) is 4.79 Å². The van der Waals surface area contributed by atoms with Gasteiger partial charge in [0.25, 0.3) is 0 Å². The van der Waals surface area contributed by atoms with E-state index < -0.39 is 0 Å². The molecule has 0 aromatic carbocycles. The van der Waals surface area contributed by atoms with Crippen molar-refractivity contribution in [1.29, 1.82) is 0 Å². The molecule has 1 amide bonds.